The van der Waals surface area contributed by atoms with E-state index >= 15 is 4.39 Å². The molecule has 218 valence electrons. The molecule has 1 saturated heterocycles. The molecule has 0 radical (unpaired) electrons. The molecule has 2 aliphatic rings. The number of hydrogen-bond acceptors (Lipinski definition) is 7. The molecule has 2 fully saturated rings. The van der Waals surface area contributed by atoms with Crippen LogP contribution in [0, 0.1) is 11.7 Å². The van der Waals surface area contributed by atoms with E-state index in [0.29, 0.717) is 39.8 Å². The molecule has 9 nitrogen and oxygen atoms in total. The number of carbonyl (C=O) groups is 1. The predicted octanol–water partition coefficient (Wildman–Crippen LogP) is 5.57. The van der Waals surface area contributed by atoms with Gasteiger partial charge in [0.25, 0.3) is 5.56 Å². The average molecular weight is 570 g/mol. The van der Waals surface area contributed by atoms with Gasteiger partial charge in [-0.05, 0) is 75.2 Å². The van der Waals surface area contributed by atoms with Gasteiger partial charge in [0, 0.05) is 42.5 Å². The van der Waals surface area contributed by atoms with Gasteiger partial charge >= 0.3 is 0 Å². The minimum absolute atomic E-state index is 0.0249. The van der Waals surface area contributed by atoms with Crippen LogP contribution in [0.2, 0.25) is 0 Å². The fraction of sp³-hybridized carbons (Fsp3) is 0.375. The molecule has 4 N–H and O–H groups in total. The summed E-state index contributed by atoms with van der Waals surface area (Å²) >= 11 is 0. The van der Waals surface area contributed by atoms with Crippen molar-refractivity contribution in [3.8, 4) is 11.3 Å². The van der Waals surface area contributed by atoms with Gasteiger partial charge in [0.05, 0.1) is 34.2 Å². The molecule has 6 rings (SSSR count). The van der Waals surface area contributed by atoms with Crippen LogP contribution in [0.1, 0.15) is 44.9 Å². The number of amides is 1. The molecule has 0 bridgehead atoms. The number of fused-ring (bicyclic) bond motifs is 1. The fourth-order valence-corrected chi connectivity index (χ4v) is 6.07. The Labute approximate surface area is 244 Å². The van der Waals surface area contributed by atoms with Crippen molar-refractivity contribution in [2.24, 2.45) is 5.92 Å². The largest absolute Gasteiger partial charge is 0.369 e. The van der Waals surface area contributed by atoms with Gasteiger partial charge in [-0.1, -0.05) is 19.3 Å². The third kappa shape index (κ3) is 5.99. The molecular formula is C32H36FN7O2. The third-order valence-electron chi connectivity index (χ3n) is 8.42. The van der Waals surface area contributed by atoms with Gasteiger partial charge in [-0.3, -0.25) is 9.59 Å². The van der Waals surface area contributed by atoms with E-state index in [1.165, 1.54) is 12.3 Å². The lowest BCUT2D eigenvalue weighted by molar-refractivity contribution is -0.120. The first kappa shape index (κ1) is 27.8. The lowest BCUT2D eigenvalue weighted by Gasteiger charge is -2.34. The van der Waals surface area contributed by atoms with E-state index in [2.05, 4.69) is 35.8 Å². The number of benzene rings is 1. The normalized spacial score (nSPS) is 17.8. The number of nitrogens with one attached hydrogen (secondary N) is 4. The van der Waals surface area contributed by atoms with Gasteiger partial charge in [-0.15, -0.1) is 0 Å². The maximum Gasteiger partial charge on any atom is 0.259 e. The highest BCUT2D eigenvalue weighted by Crippen LogP contribution is 2.32. The quantitative estimate of drug-likeness (QED) is 0.230. The second-order valence-electron chi connectivity index (χ2n) is 11.2. The molecule has 1 saturated carbocycles. The summed E-state index contributed by atoms with van der Waals surface area (Å²) in [6.07, 6.45) is 10.6. The zero-order valence-electron chi connectivity index (χ0n) is 23.8. The maximum absolute atomic E-state index is 15.4. The standard InChI is InChI=1S/C32H36FN7O2/c1-34-22-8-5-15-40(19-22)23-10-12-29(36-18-23)39-28-17-27(38-26-13-14-35-32(42)30(26)28)24-11-9-21(16-25(24)33)37-31(41)20-6-3-2-4-7-20/h9-14,16-18,20,22,34H,2-8,15,19H2,1H3,(H,35,42)(H,37,41)(H,36,38,39)/t22-/m0/s1. The number of rotatable bonds is 7. The summed E-state index contributed by atoms with van der Waals surface area (Å²) < 4.78 is 15.4. The number of anilines is 4. The highest BCUT2D eigenvalue weighted by Gasteiger charge is 2.22. The van der Waals surface area contributed by atoms with Gasteiger partial charge in [0.1, 0.15) is 11.6 Å². The van der Waals surface area contributed by atoms with Gasteiger partial charge in [-0.25, -0.2) is 14.4 Å². The number of likely N-dealkylation sites (N-methyl/N-ethyl adjacent to an activating group) is 1. The minimum Gasteiger partial charge on any atom is -0.369 e. The summed E-state index contributed by atoms with van der Waals surface area (Å²) in [5, 5.41) is 9.85. The highest BCUT2D eigenvalue weighted by molar-refractivity contribution is 5.95. The molecule has 4 aromatic rings. The second-order valence-corrected chi connectivity index (χ2v) is 11.2. The molecule has 1 amide bonds. The van der Waals surface area contributed by atoms with E-state index in [0.717, 1.165) is 63.7 Å². The predicted molar refractivity (Wildman–Crippen MR) is 165 cm³/mol. The van der Waals surface area contributed by atoms with Crippen LogP contribution in [0.25, 0.3) is 22.2 Å². The van der Waals surface area contributed by atoms with Crippen molar-refractivity contribution in [1.82, 2.24) is 20.3 Å². The van der Waals surface area contributed by atoms with Crippen LogP contribution in [0.4, 0.5) is 27.3 Å². The number of piperidine rings is 1. The number of nitrogens with zero attached hydrogens (tertiary/aromatic N) is 3. The van der Waals surface area contributed by atoms with Crippen LogP contribution in [0.15, 0.2) is 59.7 Å². The Morgan fingerprint density at radius 2 is 1.90 bits per heavy atom. The summed E-state index contributed by atoms with van der Waals surface area (Å²) in [7, 11) is 1.99. The Morgan fingerprint density at radius 3 is 2.67 bits per heavy atom. The number of aromatic nitrogens is 3. The molecule has 42 heavy (non-hydrogen) atoms. The Kier molecular flexibility index (Phi) is 8.14. The summed E-state index contributed by atoms with van der Waals surface area (Å²) in [4.78, 5) is 39.7. The summed E-state index contributed by atoms with van der Waals surface area (Å²) in [6.45, 7) is 1.91. The van der Waals surface area contributed by atoms with Gasteiger partial charge in [0.2, 0.25) is 5.91 Å². The highest BCUT2D eigenvalue weighted by atomic mass is 19.1. The number of halogens is 1. The van der Waals surface area contributed by atoms with Crippen molar-refractivity contribution < 1.29 is 9.18 Å². The Bertz CT molecular complexity index is 1630. The van der Waals surface area contributed by atoms with Gasteiger partial charge in [0.15, 0.2) is 0 Å². The van der Waals surface area contributed by atoms with Gasteiger partial charge < -0.3 is 25.8 Å². The lowest BCUT2D eigenvalue weighted by Crippen LogP contribution is -2.44. The van der Waals surface area contributed by atoms with Crippen molar-refractivity contribution in [3.63, 3.8) is 0 Å². The molecule has 1 atom stereocenters. The van der Waals surface area contributed by atoms with E-state index in [1.807, 2.05) is 25.4 Å². The SMILES string of the molecule is CN[C@H]1CCCN(c2ccc(Nc3cc(-c4ccc(NC(=O)C5CCCCC5)cc4F)nc4cc[nH]c(=O)c34)nc2)C1. The molecular weight excluding hydrogens is 533 g/mol. The lowest BCUT2D eigenvalue weighted by atomic mass is 9.88. The van der Waals surface area contributed by atoms with Crippen molar-refractivity contribution in [2.75, 3.05) is 35.7 Å². The van der Waals surface area contributed by atoms with Crippen LogP contribution in [0.5, 0.6) is 0 Å². The number of H-pyrrole nitrogens is 1. The van der Waals surface area contributed by atoms with Crippen molar-refractivity contribution in [2.45, 2.75) is 51.0 Å². The Hall–Kier alpha value is -4.31. The van der Waals surface area contributed by atoms with Crippen LogP contribution in [0.3, 0.4) is 0 Å². The maximum atomic E-state index is 15.4. The van der Waals surface area contributed by atoms with E-state index in [9.17, 15) is 9.59 Å². The monoisotopic (exact) mass is 569 g/mol. The van der Waals surface area contributed by atoms with E-state index < -0.39 is 5.82 Å². The van der Waals surface area contributed by atoms with Crippen LogP contribution in [-0.2, 0) is 4.79 Å². The third-order valence-corrected chi connectivity index (χ3v) is 8.42. The zero-order valence-corrected chi connectivity index (χ0v) is 23.8. The molecule has 0 spiro atoms. The molecule has 1 aliphatic heterocycles. The van der Waals surface area contributed by atoms with E-state index in [4.69, 9.17) is 0 Å². The molecule has 1 aromatic carbocycles. The summed E-state index contributed by atoms with van der Waals surface area (Å²) in [5.74, 6) is -0.0351. The summed E-state index contributed by atoms with van der Waals surface area (Å²) in [5.41, 5.74) is 2.68. The Morgan fingerprint density at radius 1 is 1.05 bits per heavy atom. The number of pyridine rings is 3. The smallest absolute Gasteiger partial charge is 0.259 e. The van der Waals surface area contributed by atoms with E-state index in [1.54, 1.807) is 24.3 Å². The molecule has 0 unspecified atom stereocenters. The van der Waals surface area contributed by atoms with Crippen molar-refractivity contribution in [1.29, 1.82) is 0 Å². The first-order valence-electron chi connectivity index (χ1n) is 14.8. The Balaban J connectivity index is 1.26. The van der Waals surface area contributed by atoms with Crippen LogP contribution in [-0.4, -0.2) is 47.0 Å². The summed E-state index contributed by atoms with van der Waals surface area (Å²) in [6, 6.07) is 12.3. The molecule has 3 aromatic heterocycles. The number of hydrogen-bond donors (Lipinski definition) is 4. The van der Waals surface area contributed by atoms with Crippen molar-refractivity contribution >= 4 is 39.7 Å². The first-order valence-corrected chi connectivity index (χ1v) is 14.8. The number of carbonyl (C=O) groups excluding carboxylic acids is 1. The number of aromatic amines is 1. The molecule has 4 heterocycles. The molecule has 10 heteroatoms. The zero-order chi connectivity index (χ0) is 29.1. The van der Waals surface area contributed by atoms with Crippen LogP contribution >= 0.6 is 0 Å². The second kappa shape index (κ2) is 12.3. The van der Waals surface area contributed by atoms with Gasteiger partial charge in [-0.2, -0.15) is 0 Å². The minimum atomic E-state index is -0.511. The first-order chi connectivity index (χ1) is 20.5. The average Bonchev–Trinajstić information content (AvgIpc) is 3.02. The van der Waals surface area contributed by atoms with Crippen molar-refractivity contribution in [3.05, 3.63) is 71.0 Å². The van der Waals surface area contributed by atoms with Crippen LogP contribution < -0.4 is 26.4 Å². The fourth-order valence-electron chi connectivity index (χ4n) is 6.07. The topological polar surface area (TPSA) is 115 Å². The van der Waals surface area contributed by atoms with E-state index in [-0.39, 0.29) is 22.9 Å². The molecule has 1 aliphatic carbocycles.